The van der Waals surface area contributed by atoms with Crippen molar-refractivity contribution in [2.24, 2.45) is 11.5 Å². The fourth-order valence-electron chi connectivity index (χ4n) is 1.90. The van der Waals surface area contributed by atoms with Crippen LogP contribution < -0.4 is 27.4 Å². The Bertz CT molecular complexity index is 420. The van der Waals surface area contributed by atoms with Crippen LogP contribution in [0.25, 0.3) is 0 Å². The van der Waals surface area contributed by atoms with E-state index >= 15 is 0 Å². The second-order valence-electron chi connectivity index (χ2n) is 4.89. The number of hydrogen-bond acceptors (Lipinski definition) is 6. The Morgan fingerprint density at radius 3 is 2.57 bits per heavy atom. The molecule has 1 heterocycles. The van der Waals surface area contributed by atoms with Crippen molar-refractivity contribution in [3.05, 3.63) is 0 Å². The summed E-state index contributed by atoms with van der Waals surface area (Å²) in [5, 5.41) is 7.49. The van der Waals surface area contributed by atoms with Crippen LogP contribution in [0.4, 0.5) is 0 Å². The molecule has 0 spiro atoms. The van der Waals surface area contributed by atoms with Crippen LogP contribution in [0.15, 0.2) is 0 Å². The lowest BCUT2D eigenvalue weighted by molar-refractivity contribution is -0.132. The first-order valence-electron chi connectivity index (χ1n) is 6.79. The van der Waals surface area contributed by atoms with Crippen LogP contribution in [0, 0.1) is 0 Å². The summed E-state index contributed by atoms with van der Waals surface area (Å²) in [6.07, 6.45) is 1.67. The Balaban J connectivity index is 2.24. The van der Waals surface area contributed by atoms with Crippen molar-refractivity contribution in [2.45, 2.75) is 37.8 Å². The molecule has 0 radical (unpaired) electrons. The summed E-state index contributed by atoms with van der Waals surface area (Å²) in [6, 6.07) is -1.28. The topological polar surface area (TPSA) is 156 Å². The number of imide groups is 1. The van der Waals surface area contributed by atoms with E-state index in [0.29, 0.717) is 0 Å². The van der Waals surface area contributed by atoms with Gasteiger partial charge in [0.05, 0.1) is 18.6 Å². The number of carbonyl (C=O) groups is 4. The predicted molar refractivity (Wildman–Crippen MR) is 73.6 cm³/mol. The van der Waals surface area contributed by atoms with E-state index < -0.39 is 23.8 Å². The summed E-state index contributed by atoms with van der Waals surface area (Å²) in [6.45, 7) is 0.475. The highest BCUT2D eigenvalue weighted by atomic mass is 16.2. The number of nitrogens with one attached hydrogen (secondary N) is 3. The lowest BCUT2D eigenvalue weighted by Crippen LogP contribution is -2.49. The molecule has 0 aromatic rings. The van der Waals surface area contributed by atoms with Crippen molar-refractivity contribution in [1.82, 2.24) is 16.0 Å². The standard InChI is InChI=1S/C12H21N5O4/c13-7(3-4-9(14)18)11(20)17-10(19)6-16-12(21)8-2-1-5-15-8/h7-8,15H,1-6,13H2,(H2,14,18)(H,16,21)(H,17,19,20)/t7-,8+/m0/s1. The molecule has 9 heteroatoms. The second kappa shape index (κ2) is 8.32. The predicted octanol–water partition coefficient (Wildman–Crippen LogP) is -2.91. The highest BCUT2D eigenvalue weighted by molar-refractivity contribution is 5.99. The van der Waals surface area contributed by atoms with Crippen LogP contribution in [0.2, 0.25) is 0 Å². The van der Waals surface area contributed by atoms with E-state index in [1.165, 1.54) is 0 Å². The molecule has 1 aliphatic rings. The van der Waals surface area contributed by atoms with E-state index in [4.69, 9.17) is 11.5 Å². The highest BCUT2D eigenvalue weighted by Crippen LogP contribution is 2.04. The first-order chi connectivity index (χ1) is 9.90. The minimum absolute atomic E-state index is 0.0349. The van der Waals surface area contributed by atoms with Gasteiger partial charge in [-0.15, -0.1) is 0 Å². The summed E-state index contributed by atoms with van der Waals surface area (Å²) >= 11 is 0. The third kappa shape index (κ3) is 6.32. The molecule has 0 aromatic heterocycles. The third-order valence-electron chi connectivity index (χ3n) is 3.10. The van der Waals surface area contributed by atoms with E-state index in [1.54, 1.807) is 0 Å². The summed E-state index contributed by atoms with van der Waals surface area (Å²) in [7, 11) is 0. The van der Waals surface area contributed by atoms with Gasteiger partial charge >= 0.3 is 0 Å². The minimum Gasteiger partial charge on any atom is -0.370 e. The normalized spacial score (nSPS) is 18.8. The Morgan fingerprint density at radius 1 is 1.29 bits per heavy atom. The lowest BCUT2D eigenvalue weighted by Gasteiger charge is -2.12. The van der Waals surface area contributed by atoms with Crippen LogP contribution >= 0.6 is 0 Å². The van der Waals surface area contributed by atoms with Gasteiger partial charge in [-0.2, -0.15) is 0 Å². The number of hydrogen-bond donors (Lipinski definition) is 5. The lowest BCUT2D eigenvalue weighted by atomic mass is 10.1. The molecule has 1 fully saturated rings. The molecule has 0 bridgehead atoms. The Morgan fingerprint density at radius 2 is 2.00 bits per heavy atom. The highest BCUT2D eigenvalue weighted by Gasteiger charge is 2.23. The quantitative estimate of drug-likeness (QED) is 0.339. The maximum atomic E-state index is 11.6. The van der Waals surface area contributed by atoms with Crippen molar-refractivity contribution in [2.75, 3.05) is 13.1 Å². The summed E-state index contributed by atoms with van der Waals surface area (Å²) in [5.74, 6) is -2.19. The molecule has 0 aromatic carbocycles. The van der Waals surface area contributed by atoms with E-state index in [-0.39, 0.29) is 31.3 Å². The average Bonchev–Trinajstić information content (AvgIpc) is 2.96. The maximum Gasteiger partial charge on any atom is 0.245 e. The molecule has 9 nitrogen and oxygen atoms in total. The SMILES string of the molecule is NC(=O)CC[C@H](N)C(=O)NC(=O)CNC(=O)[C@H]1CCCN1. The molecule has 1 rings (SSSR count). The fraction of sp³-hybridized carbons (Fsp3) is 0.667. The van der Waals surface area contributed by atoms with Crippen LogP contribution in [-0.4, -0.2) is 48.8 Å². The maximum absolute atomic E-state index is 11.6. The Kier molecular flexibility index (Phi) is 6.76. The van der Waals surface area contributed by atoms with Crippen molar-refractivity contribution < 1.29 is 19.2 Å². The van der Waals surface area contributed by atoms with Gasteiger partial charge in [-0.1, -0.05) is 0 Å². The van der Waals surface area contributed by atoms with Crippen LogP contribution in [0.3, 0.4) is 0 Å². The van der Waals surface area contributed by atoms with Gasteiger partial charge in [0.1, 0.15) is 0 Å². The van der Waals surface area contributed by atoms with Gasteiger partial charge in [0.25, 0.3) is 0 Å². The fourth-order valence-corrected chi connectivity index (χ4v) is 1.90. The van der Waals surface area contributed by atoms with Gasteiger partial charge in [0.2, 0.25) is 23.6 Å². The smallest absolute Gasteiger partial charge is 0.245 e. The zero-order valence-corrected chi connectivity index (χ0v) is 11.7. The van der Waals surface area contributed by atoms with Gasteiger partial charge in [0.15, 0.2) is 0 Å². The van der Waals surface area contributed by atoms with E-state index in [0.717, 1.165) is 19.4 Å². The monoisotopic (exact) mass is 299 g/mol. The zero-order chi connectivity index (χ0) is 15.8. The van der Waals surface area contributed by atoms with Gasteiger partial charge in [-0.05, 0) is 25.8 Å². The molecule has 4 amide bonds. The molecule has 118 valence electrons. The molecule has 21 heavy (non-hydrogen) atoms. The number of amides is 4. The first kappa shape index (κ1) is 17.1. The van der Waals surface area contributed by atoms with Crippen LogP contribution in [0.1, 0.15) is 25.7 Å². The van der Waals surface area contributed by atoms with Crippen molar-refractivity contribution in [3.8, 4) is 0 Å². The molecule has 1 saturated heterocycles. The van der Waals surface area contributed by atoms with E-state index in [1.807, 2.05) is 0 Å². The minimum atomic E-state index is -0.992. The Hall–Kier alpha value is -2.00. The molecule has 1 aliphatic heterocycles. The van der Waals surface area contributed by atoms with Gasteiger partial charge in [0, 0.05) is 6.42 Å². The van der Waals surface area contributed by atoms with Crippen molar-refractivity contribution >= 4 is 23.6 Å². The number of nitrogens with two attached hydrogens (primary N) is 2. The largest absolute Gasteiger partial charge is 0.370 e. The first-order valence-corrected chi connectivity index (χ1v) is 6.79. The summed E-state index contributed by atoms with van der Waals surface area (Å²) in [5.41, 5.74) is 10.4. The number of primary amides is 1. The van der Waals surface area contributed by atoms with E-state index in [9.17, 15) is 19.2 Å². The molecule has 0 saturated carbocycles. The third-order valence-corrected chi connectivity index (χ3v) is 3.10. The Labute approximate surface area is 122 Å². The zero-order valence-electron chi connectivity index (χ0n) is 11.7. The molecule has 0 unspecified atom stereocenters. The summed E-state index contributed by atoms with van der Waals surface area (Å²) in [4.78, 5) is 45.2. The van der Waals surface area contributed by atoms with Gasteiger partial charge < -0.3 is 22.1 Å². The summed E-state index contributed by atoms with van der Waals surface area (Å²) < 4.78 is 0. The average molecular weight is 299 g/mol. The number of carbonyl (C=O) groups excluding carboxylic acids is 4. The number of rotatable bonds is 7. The molecule has 7 N–H and O–H groups in total. The van der Waals surface area contributed by atoms with Crippen LogP contribution in [-0.2, 0) is 19.2 Å². The van der Waals surface area contributed by atoms with Gasteiger partial charge in [-0.25, -0.2) is 0 Å². The van der Waals surface area contributed by atoms with Crippen molar-refractivity contribution in [1.29, 1.82) is 0 Å². The molecular weight excluding hydrogens is 278 g/mol. The van der Waals surface area contributed by atoms with Crippen LogP contribution in [0.5, 0.6) is 0 Å². The van der Waals surface area contributed by atoms with Gasteiger partial charge in [-0.3, -0.25) is 24.5 Å². The van der Waals surface area contributed by atoms with Crippen molar-refractivity contribution in [3.63, 3.8) is 0 Å². The van der Waals surface area contributed by atoms with E-state index in [2.05, 4.69) is 16.0 Å². The molecular formula is C12H21N5O4. The molecule has 2 atom stereocenters. The molecule has 0 aliphatic carbocycles. The second-order valence-corrected chi connectivity index (χ2v) is 4.89.